The Morgan fingerprint density at radius 2 is 2.20 bits per heavy atom. The van der Waals surface area contributed by atoms with Gasteiger partial charge in [0, 0.05) is 12.4 Å². The van der Waals surface area contributed by atoms with Gasteiger partial charge in [-0.3, -0.25) is 0 Å². The van der Waals surface area contributed by atoms with Gasteiger partial charge in [0.15, 0.2) is 0 Å². The van der Waals surface area contributed by atoms with Crippen molar-refractivity contribution in [3.8, 4) is 0 Å². The van der Waals surface area contributed by atoms with E-state index in [0.29, 0.717) is 10.0 Å². The largest absolute Gasteiger partial charge is 0.388 e. The minimum atomic E-state index is -0.490. The highest BCUT2D eigenvalue weighted by molar-refractivity contribution is 7.99. The number of thioether (sulfide) groups is 1. The summed E-state index contributed by atoms with van der Waals surface area (Å²) in [5.74, 6) is 2.45. The van der Waals surface area contributed by atoms with Gasteiger partial charge >= 0.3 is 0 Å². The van der Waals surface area contributed by atoms with Gasteiger partial charge in [-0.25, -0.2) is 0 Å². The lowest BCUT2D eigenvalue weighted by molar-refractivity contribution is -0.102. The number of hydrogen-bond donors (Lipinski definition) is 1. The van der Waals surface area contributed by atoms with Crippen molar-refractivity contribution in [2.45, 2.75) is 31.0 Å². The lowest BCUT2D eigenvalue weighted by Gasteiger charge is -2.39. The first kappa shape index (κ1) is 15.0. The fourth-order valence-electron chi connectivity index (χ4n) is 3.17. The topological polar surface area (TPSA) is 29.5 Å². The van der Waals surface area contributed by atoms with Crippen LogP contribution < -0.4 is 0 Å². The Balaban J connectivity index is 1.75. The molecule has 2 nitrogen and oxygen atoms in total. The molecule has 2 fully saturated rings. The molecule has 3 unspecified atom stereocenters. The van der Waals surface area contributed by atoms with Crippen LogP contribution in [0.2, 0.25) is 10.0 Å². The van der Waals surface area contributed by atoms with E-state index in [9.17, 15) is 5.11 Å². The molecule has 1 aromatic rings. The van der Waals surface area contributed by atoms with Crippen molar-refractivity contribution in [2.75, 3.05) is 18.1 Å². The Hall–Kier alpha value is 0.0700. The van der Waals surface area contributed by atoms with Crippen LogP contribution in [0.5, 0.6) is 0 Å². The third-order valence-corrected chi connectivity index (χ3v) is 6.29. The van der Waals surface area contributed by atoms with Crippen molar-refractivity contribution in [2.24, 2.45) is 5.92 Å². The Labute approximate surface area is 133 Å². The van der Waals surface area contributed by atoms with Gasteiger partial charge in [-0.2, -0.15) is 11.8 Å². The Kier molecular flexibility index (Phi) is 4.54. The summed E-state index contributed by atoms with van der Waals surface area (Å²) in [6.07, 6.45) is 2.44. The number of aliphatic hydroxyl groups excluding tert-OH is 1. The molecule has 2 heterocycles. The van der Waals surface area contributed by atoms with Crippen molar-refractivity contribution in [1.82, 2.24) is 0 Å². The maximum absolute atomic E-state index is 10.6. The zero-order valence-corrected chi connectivity index (χ0v) is 13.5. The Morgan fingerprint density at radius 3 is 2.90 bits per heavy atom. The number of aliphatic hydroxyl groups is 1. The van der Waals surface area contributed by atoms with Crippen LogP contribution in [0, 0.1) is 5.92 Å². The average molecular weight is 333 g/mol. The molecule has 3 rings (SSSR count). The normalized spacial score (nSPS) is 31.6. The molecule has 110 valence electrons. The van der Waals surface area contributed by atoms with E-state index in [2.05, 4.69) is 0 Å². The van der Waals surface area contributed by atoms with E-state index >= 15 is 0 Å². The van der Waals surface area contributed by atoms with Crippen molar-refractivity contribution >= 4 is 35.0 Å². The monoisotopic (exact) mass is 332 g/mol. The number of rotatable bonds is 2. The zero-order valence-electron chi connectivity index (χ0n) is 11.1. The maximum Gasteiger partial charge on any atom is 0.0820 e. The average Bonchev–Trinajstić information content (AvgIpc) is 2.89. The third-order valence-electron chi connectivity index (χ3n) is 4.33. The molecule has 2 aliphatic rings. The summed E-state index contributed by atoms with van der Waals surface area (Å²) in [6.45, 7) is 0.740. The van der Waals surface area contributed by atoms with Crippen molar-refractivity contribution < 1.29 is 9.84 Å². The second-order valence-electron chi connectivity index (χ2n) is 5.71. The molecule has 0 aromatic heterocycles. The summed E-state index contributed by atoms with van der Waals surface area (Å²) < 4.78 is 6.01. The molecule has 0 saturated carbocycles. The molecule has 1 aromatic carbocycles. The highest BCUT2D eigenvalue weighted by Gasteiger charge is 2.42. The van der Waals surface area contributed by atoms with Gasteiger partial charge in [-0.1, -0.05) is 29.3 Å². The summed E-state index contributed by atoms with van der Waals surface area (Å²) in [6, 6.07) is 5.40. The first-order valence-electron chi connectivity index (χ1n) is 6.94. The summed E-state index contributed by atoms with van der Waals surface area (Å²) in [5.41, 5.74) is 0.845. The van der Waals surface area contributed by atoms with Crippen LogP contribution in [-0.4, -0.2) is 28.8 Å². The van der Waals surface area contributed by atoms with Crippen molar-refractivity contribution in [1.29, 1.82) is 0 Å². The summed E-state index contributed by atoms with van der Waals surface area (Å²) >= 11 is 13.9. The molecular formula is C15H18Cl2O2S. The molecule has 2 saturated heterocycles. The van der Waals surface area contributed by atoms with Gasteiger partial charge in [-0.15, -0.1) is 0 Å². The van der Waals surface area contributed by atoms with Gasteiger partial charge in [0.2, 0.25) is 0 Å². The standard InChI is InChI=1S/C15H18Cl2O2S/c16-12-2-1-10(7-13(12)17)14(18)11-3-5-19-15(8-11)4-6-20-9-15/h1-2,7,11,14,18H,3-6,8-9H2. The smallest absolute Gasteiger partial charge is 0.0820 e. The zero-order chi connectivity index (χ0) is 14.2. The van der Waals surface area contributed by atoms with E-state index < -0.39 is 6.10 Å². The van der Waals surface area contributed by atoms with E-state index in [-0.39, 0.29) is 11.5 Å². The fourth-order valence-corrected chi connectivity index (χ4v) is 4.85. The molecule has 1 spiro atoms. The van der Waals surface area contributed by atoms with Gasteiger partial charge in [0.1, 0.15) is 0 Å². The lowest BCUT2D eigenvalue weighted by Crippen LogP contribution is -2.41. The second-order valence-corrected chi connectivity index (χ2v) is 7.62. The molecule has 2 aliphatic heterocycles. The van der Waals surface area contributed by atoms with Crippen LogP contribution >= 0.6 is 35.0 Å². The SMILES string of the molecule is OC(c1ccc(Cl)c(Cl)c1)C1CCOC2(CCSC2)C1. The minimum Gasteiger partial charge on any atom is -0.388 e. The van der Waals surface area contributed by atoms with Crippen LogP contribution in [-0.2, 0) is 4.74 Å². The quantitative estimate of drug-likeness (QED) is 0.874. The van der Waals surface area contributed by atoms with E-state index in [0.717, 1.165) is 42.9 Å². The van der Waals surface area contributed by atoms with E-state index in [1.807, 2.05) is 17.8 Å². The molecule has 0 bridgehead atoms. The van der Waals surface area contributed by atoms with Gasteiger partial charge in [0.05, 0.1) is 21.8 Å². The maximum atomic E-state index is 10.6. The van der Waals surface area contributed by atoms with E-state index in [1.54, 1.807) is 12.1 Å². The molecule has 0 radical (unpaired) electrons. The van der Waals surface area contributed by atoms with Crippen LogP contribution in [0.1, 0.15) is 30.9 Å². The number of hydrogen-bond acceptors (Lipinski definition) is 3. The molecule has 20 heavy (non-hydrogen) atoms. The fraction of sp³-hybridized carbons (Fsp3) is 0.600. The van der Waals surface area contributed by atoms with Crippen LogP contribution in [0.3, 0.4) is 0 Å². The van der Waals surface area contributed by atoms with Crippen LogP contribution in [0.15, 0.2) is 18.2 Å². The summed E-state index contributed by atoms with van der Waals surface area (Å²) in [7, 11) is 0. The molecule has 1 N–H and O–H groups in total. The predicted molar refractivity (Wildman–Crippen MR) is 84.8 cm³/mol. The Bertz CT molecular complexity index is 489. The van der Waals surface area contributed by atoms with E-state index in [1.165, 1.54) is 0 Å². The number of ether oxygens (including phenoxy) is 1. The van der Waals surface area contributed by atoms with Crippen LogP contribution in [0.25, 0.3) is 0 Å². The first-order valence-corrected chi connectivity index (χ1v) is 8.85. The first-order chi connectivity index (χ1) is 9.60. The van der Waals surface area contributed by atoms with Crippen molar-refractivity contribution in [3.05, 3.63) is 33.8 Å². The van der Waals surface area contributed by atoms with Gasteiger partial charge < -0.3 is 9.84 Å². The van der Waals surface area contributed by atoms with Gasteiger partial charge in [0.25, 0.3) is 0 Å². The molecule has 5 heteroatoms. The molecule has 3 atom stereocenters. The highest BCUT2D eigenvalue weighted by Crippen LogP contribution is 2.44. The number of benzene rings is 1. The molecule has 0 amide bonds. The second kappa shape index (κ2) is 6.05. The molecule has 0 aliphatic carbocycles. The van der Waals surface area contributed by atoms with Crippen LogP contribution in [0.4, 0.5) is 0 Å². The third kappa shape index (κ3) is 2.97. The highest BCUT2D eigenvalue weighted by atomic mass is 35.5. The predicted octanol–water partition coefficient (Wildman–Crippen LogP) is 4.33. The lowest BCUT2D eigenvalue weighted by atomic mass is 9.80. The summed E-state index contributed by atoms with van der Waals surface area (Å²) in [5, 5.41) is 11.7. The Morgan fingerprint density at radius 1 is 1.35 bits per heavy atom. The minimum absolute atomic E-state index is 0.00914. The molecular weight excluding hydrogens is 315 g/mol. The van der Waals surface area contributed by atoms with Crippen molar-refractivity contribution in [3.63, 3.8) is 0 Å². The number of halogens is 2. The summed E-state index contributed by atoms with van der Waals surface area (Å²) in [4.78, 5) is 0. The van der Waals surface area contributed by atoms with E-state index in [4.69, 9.17) is 27.9 Å². The van der Waals surface area contributed by atoms with Gasteiger partial charge in [-0.05, 0) is 48.6 Å².